The Morgan fingerprint density at radius 1 is 1.00 bits per heavy atom. The molecule has 6 heteroatoms. The molecule has 1 N–H and O–H groups in total. The fourth-order valence-electron chi connectivity index (χ4n) is 3.53. The molecule has 3 aromatic rings. The molecule has 0 saturated carbocycles. The molecule has 5 nitrogen and oxygen atoms in total. The van der Waals surface area contributed by atoms with Crippen LogP contribution in [0.1, 0.15) is 52.6 Å². The minimum atomic E-state index is -3.23. The molecule has 158 valence electrons. The van der Waals surface area contributed by atoms with E-state index in [1.54, 1.807) is 24.3 Å². The molecule has 0 fully saturated rings. The molecule has 0 atom stereocenters. The van der Waals surface area contributed by atoms with Crippen LogP contribution in [0.5, 0.6) is 0 Å². The average Bonchev–Trinajstić information content (AvgIpc) is 3.00. The molecular weight excluding hydrogens is 396 g/mol. The van der Waals surface area contributed by atoms with E-state index in [9.17, 15) is 13.2 Å². The molecule has 2 aromatic carbocycles. The molecule has 1 amide bonds. The molecule has 30 heavy (non-hydrogen) atoms. The van der Waals surface area contributed by atoms with E-state index >= 15 is 0 Å². The second kappa shape index (κ2) is 8.48. The number of sulfone groups is 1. The van der Waals surface area contributed by atoms with Crippen LogP contribution in [0.4, 0.5) is 0 Å². The number of aromatic nitrogens is 1. The van der Waals surface area contributed by atoms with Gasteiger partial charge in [0.25, 0.3) is 5.91 Å². The van der Waals surface area contributed by atoms with Crippen LogP contribution in [0.2, 0.25) is 0 Å². The van der Waals surface area contributed by atoms with E-state index in [1.165, 1.54) is 11.8 Å². The topological polar surface area (TPSA) is 68.2 Å². The fraction of sp³-hybridized carbons (Fsp3) is 0.292. The third-order valence-corrected chi connectivity index (χ3v) is 6.43. The zero-order valence-corrected chi connectivity index (χ0v) is 18.9. The molecule has 0 aliphatic rings. The van der Waals surface area contributed by atoms with Crippen LogP contribution in [0.3, 0.4) is 0 Å². The van der Waals surface area contributed by atoms with Gasteiger partial charge in [-0.3, -0.25) is 4.79 Å². The lowest BCUT2D eigenvalue weighted by molar-refractivity contribution is 0.0950. The molecule has 0 aliphatic heterocycles. The highest BCUT2D eigenvalue weighted by atomic mass is 32.2. The quantitative estimate of drug-likeness (QED) is 0.631. The van der Waals surface area contributed by atoms with Gasteiger partial charge in [0.1, 0.15) is 0 Å². The first-order chi connectivity index (χ1) is 14.1. The maximum absolute atomic E-state index is 12.8. The van der Waals surface area contributed by atoms with Gasteiger partial charge in [-0.25, -0.2) is 8.42 Å². The number of amides is 1. The predicted octanol–water partition coefficient (Wildman–Crippen LogP) is 4.55. The highest BCUT2D eigenvalue weighted by molar-refractivity contribution is 7.90. The normalized spacial score (nSPS) is 11.7. The van der Waals surface area contributed by atoms with Crippen molar-refractivity contribution in [3.63, 3.8) is 0 Å². The first kappa shape index (κ1) is 21.8. The summed E-state index contributed by atoms with van der Waals surface area (Å²) in [6.07, 6.45) is 1.18. The van der Waals surface area contributed by atoms with E-state index in [1.807, 2.05) is 19.9 Å². The van der Waals surface area contributed by atoms with Crippen LogP contribution < -0.4 is 5.32 Å². The van der Waals surface area contributed by atoms with Gasteiger partial charge in [-0.15, -0.1) is 0 Å². The number of carbonyl (C=O) groups excluding carboxylic acids is 1. The zero-order chi connectivity index (χ0) is 22.1. The van der Waals surface area contributed by atoms with Crippen LogP contribution in [0, 0.1) is 13.8 Å². The summed E-state index contributed by atoms with van der Waals surface area (Å²) in [5.74, 6) is 0.319. The molecule has 0 aliphatic carbocycles. The van der Waals surface area contributed by atoms with Gasteiger partial charge in [0.05, 0.1) is 10.5 Å². The highest BCUT2D eigenvalue weighted by Crippen LogP contribution is 2.23. The summed E-state index contributed by atoms with van der Waals surface area (Å²) in [6.45, 7) is 8.59. The van der Waals surface area contributed by atoms with Gasteiger partial charge in [-0.2, -0.15) is 0 Å². The molecule has 3 rings (SSSR count). The first-order valence-electron chi connectivity index (χ1n) is 9.94. The van der Waals surface area contributed by atoms with Gasteiger partial charge in [-0.1, -0.05) is 38.1 Å². The molecule has 0 bridgehead atoms. The number of hydrogen-bond acceptors (Lipinski definition) is 3. The summed E-state index contributed by atoms with van der Waals surface area (Å²) in [7, 11) is -3.23. The van der Waals surface area contributed by atoms with Crippen molar-refractivity contribution in [2.24, 2.45) is 0 Å². The predicted molar refractivity (Wildman–Crippen MR) is 120 cm³/mol. The number of rotatable bonds is 6. The molecular formula is C24H28N2O3S. The monoisotopic (exact) mass is 424 g/mol. The Morgan fingerprint density at radius 2 is 1.60 bits per heavy atom. The average molecular weight is 425 g/mol. The largest absolute Gasteiger partial charge is 0.348 e. The van der Waals surface area contributed by atoms with Crippen LogP contribution in [-0.2, 0) is 16.4 Å². The summed E-state index contributed by atoms with van der Waals surface area (Å²) >= 11 is 0. The number of benzene rings is 2. The Bertz CT molecular complexity index is 1160. The van der Waals surface area contributed by atoms with E-state index in [0.717, 1.165) is 22.6 Å². The summed E-state index contributed by atoms with van der Waals surface area (Å²) in [5.41, 5.74) is 5.66. The van der Waals surface area contributed by atoms with Gasteiger partial charge < -0.3 is 9.88 Å². The summed E-state index contributed by atoms with van der Waals surface area (Å²) in [6, 6.07) is 16.9. The Kier molecular flexibility index (Phi) is 6.17. The second-order valence-electron chi connectivity index (χ2n) is 7.97. The van der Waals surface area contributed by atoms with Crippen molar-refractivity contribution in [2.45, 2.75) is 45.1 Å². The number of nitrogens with one attached hydrogen (secondary N) is 1. The standard InChI is InChI=1S/C24H28N2O3S/c1-16(2)20-8-10-21(11-9-20)26-17(3)14-23(18(26)4)24(27)25-15-19-6-12-22(13-7-19)30(5,28)29/h6-14,16H,15H2,1-5H3,(H,25,27). The van der Waals surface area contributed by atoms with Crippen molar-refractivity contribution in [1.82, 2.24) is 9.88 Å². The number of aryl methyl sites for hydroxylation is 1. The van der Waals surface area contributed by atoms with Gasteiger partial charge in [0, 0.05) is 29.9 Å². The highest BCUT2D eigenvalue weighted by Gasteiger charge is 2.17. The zero-order valence-electron chi connectivity index (χ0n) is 18.1. The third-order valence-electron chi connectivity index (χ3n) is 5.30. The van der Waals surface area contributed by atoms with E-state index in [4.69, 9.17) is 0 Å². The van der Waals surface area contributed by atoms with Crippen molar-refractivity contribution < 1.29 is 13.2 Å². The van der Waals surface area contributed by atoms with Gasteiger partial charge >= 0.3 is 0 Å². The van der Waals surface area contributed by atoms with Crippen molar-refractivity contribution in [1.29, 1.82) is 0 Å². The van der Waals surface area contributed by atoms with Gasteiger partial charge in [-0.05, 0) is 61.2 Å². The van der Waals surface area contributed by atoms with E-state index in [2.05, 4.69) is 48.0 Å². The van der Waals surface area contributed by atoms with Crippen molar-refractivity contribution >= 4 is 15.7 Å². The van der Waals surface area contributed by atoms with Crippen molar-refractivity contribution in [2.75, 3.05) is 6.26 Å². The van der Waals surface area contributed by atoms with Gasteiger partial charge in [0.2, 0.25) is 0 Å². The van der Waals surface area contributed by atoms with E-state index in [0.29, 0.717) is 18.0 Å². The lowest BCUT2D eigenvalue weighted by Gasteiger charge is -2.12. The summed E-state index contributed by atoms with van der Waals surface area (Å²) in [4.78, 5) is 13.1. The summed E-state index contributed by atoms with van der Waals surface area (Å²) in [5, 5.41) is 2.93. The maximum atomic E-state index is 12.8. The molecule has 0 unspecified atom stereocenters. The SMILES string of the molecule is Cc1cc(C(=O)NCc2ccc(S(C)(=O)=O)cc2)c(C)n1-c1ccc(C(C)C)cc1. The smallest absolute Gasteiger partial charge is 0.253 e. The Hall–Kier alpha value is -2.86. The lowest BCUT2D eigenvalue weighted by Crippen LogP contribution is -2.23. The first-order valence-corrected chi connectivity index (χ1v) is 11.8. The van der Waals surface area contributed by atoms with E-state index in [-0.39, 0.29) is 10.8 Å². The lowest BCUT2D eigenvalue weighted by atomic mass is 10.0. The van der Waals surface area contributed by atoms with Crippen molar-refractivity contribution in [3.8, 4) is 5.69 Å². The van der Waals surface area contributed by atoms with Crippen LogP contribution in [-0.4, -0.2) is 25.1 Å². The molecule has 1 heterocycles. The number of hydrogen-bond donors (Lipinski definition) is 1. The van der Waals surface area contributed by atoms with E-state index < -0.39 is 9.84 Å². The minimum Gasteiger partial charge on any atom is -0.348 e. The third kappa shape index (κ3) is 4.65. The minimum absolute atomic E-state index is 0.152. The Labute approximate surface area is 178 Å². The number of nitrogens with zero attached hydrogens (tertiary/aromatic N) is 1. The molecule has 0 spiro atoms. The van der Waals surface area contributed by atoms with Crippen LogP contribution in [0.25, 0.3) is 5.69 Å². The number of carbonyl (C=O) groups is 1. The maximum Gasteiger partial charge on any atom is 0.253 e. The van der Waals surface area contributed by atoms with Crippen molar-refractivity contribution in [3.05, 3.63) is 82.7 Å². The Balaban J connectivity index is 1.76. The van der Waals surface area contributed by atoms with Crippen LogP contribution >= 0.6 is 0 Å². The molecule has 0 saturated heterocycles. The molecule has 1 aromatic heterocycles. The second-order valence-corrected chi connectivity index (χ2v) is 9.98. The molecule has 0 radical (unpaired) electrons. The summed E-state index contributed by atoms with van der Waals surface area (Å²) < 4.78 is 25.2. The van der Waals surface area contributed by atoms with Crippen LogP contribution in [0.15, 0.2) is 59.5 Å². The van der Waals surface area contributed by atoms with Gasteiger partial charge in [0.15, 0.2) is 9.84 Å². The Morgan fingerprint density at radius 3 is 2.13 bits per heavy atom. The fourth-order valence-corrected chi connectivity index (χ4v) is 4.16.